The van der Waals surface area contributed by atoms with E-state index in [1.54, 1.807) is 0 Å². The highest BCUT2D eigenvalue weighted by Gasteiger charge is 2.57. The summed E-state index contributed by atoms with van der Waals surface area (Å²) < 4.78 is 39.0. The van der Waals surface area contributed by atoms with E-state index in [-0.39, 0.29) is 22.9 Å². The van der Waals surface area contributed by atoms with Crippen molar-refractivity contribution in [1.29, 1.82) is 0 Å². The lowest BCUT2D eigenvalue weighted by Crippen LogP contribution is -2.06. The molecule has 1 aromatic carbocycles. The standard InChI is InChI=1S/C11H12F3N/c1-11(2)9(10(11)15)5-3-7(13)8(14)4-6(5)12/h3-4,9-10H,15H2,1-2H3/t9-,10-/m1/s1. The molecule has 15 heavy (non-hydrogen) atoms. The van der Waals surface area contributed by atoms with Crippen LogP contribution in [0.25, 0.3) is 0 Å². The molecule has 0 radical (unpaired) electrons. The van der Waals surface area contributed by atoms with Gasteiger partial charge in [-0.3, -0.25) is 0 Å². The smallest absolute Gasteiger partial charge is 0.161 e. The Labute approximate surface area is 86.1 Å². The van der Waals surface area contributed by atoms with Crippen molar-refractivity contribution in [1.82, 2.24) is 0 Å². The predicted octanol–water partition coefficient (Wildman–Crippen LogP) is 2.55. The van der Waals surface area contributed by atoms with Crippen molar-refractivity contribution in [2.24, 2.45) is 11.1 Å². The summed E-state index contributed by atoms with van der Waals surface area (Å²) in [6.45, 7) is 3.76. The van der Waals surface area contributed by atoms with E-state index < -0.39 is 17.5 Å². The first-order valence-corrected chi connectivity index (χ1v) is 4.75. The summed E-state index contributed by atoms with van der Waals surface area (Å²) in [4.78, 5) is 0. The van der Waals surface area contributed by atoms with Crippen LogP contribution in [0.3, 0.4) is 0 Å². The molecule has 4 heteroatoms. The van der Waals surface area contributed by atoms with Gasteiger partial charge >= 0.3 is 0 Å². The molecule has 0 saturated heterocycles. The van der Waals surface area contributed by atoms with Gasteiger partial charge in [0, 0.05) is 18.0 Å². The maximum atomic E-state index is 13.4. The molecule has 82 valence electrons. The van der Waals surface area contributed by atoms with Crippen LogP contribution in [-0.4, -0.2) is 6.04 Å². The minimum atomic E-state index is -1.16. The van der Waals surface area contributed by atoms with Gasteiger partial charge in [0.2, 0.25) is 0 Å². The van der Waals surface area contributed by atoms with E-state index in [1.807, 2.05) is 13.8 Å². The normalized spacial score (nSPS) is 27.9. The van der Waals surface area contributed by atoms with Crippen LogP contribution in [-0.2, 0) is 0 Å². The fraction of sp³-hybridized carbons (Fsp3) is 0.455. The zero-order chi connectivity index (χ0) is 11.4. The minimum Gasteiger partial charge on any atom is -0.327 e. The molecular weight excluding hydrogens is 203 g/mol. The summed E-state index contributed by atoms with van der Waals surface area (Å²) in [5, 5.41) is 0. The first-order chi connectivity index (χ1) is 6.85. The Hall–Kier alpha value is -1.03. The van der Waals surface area contributed by atoms with Crippen molar-refractivity contribution in [2.45, 2.75) is 25.8 Å². The van der Waals surface area contributed by atoms with Crippen molar-refractivity contribution >= 4 is 0 Å². The molecule has 1 nitrogen and oxygen atoms in total. The van der Waals surface area contributed by atoms with Gasteiger partial charge in [0.05, 0.1) is 0 Å². The second-order valence-electron chi connectivity index (χ2n) is 4.61. The quantitative estimate of drug-likeness (QED) is 0.716. The maximum absolute atomic E-state index is 13.4. The Bertz CT molecular complexity index is 415. The van der Waals surface area contributed by atoms with Crippen LogP contribution in [0, 0.1) is 22.9 Å². The van der Waals surface area contributed by atoms with Gasteiger partial charge in [0.15, 0.2) is 11.6 Å². The number of rotatable bonds is 1. The highest BCUT2D eigenvalue weighted by atomic mass is 19.2. The van der Waals surface area contributed by atoms with Gasteiger partial charge in [0.25, 0.3) is 0 Å². The largest absolute Gasteiger partial charge is 0.327 e. The van der Waals surface area contributed by atoms with Crippen LogP contribution in [0.5, 0.6) is 0 Å². The highest BCUT2D eigenvalue weighted by molar-refractivity contribution is 5.35. The maximum Gasteiger partial charge on any atom is 0.161 e. The van der Waals surface area contributed by atoms with E-state index in [4.69, 9.17) is 5.73 Å². The number of nitrogens with two attached hydrogens (primary N) is 1. The average molecular weight is 215 g/mol. The third kappa shape index (κ3) is 1.44. The second-order valence-corrected chi connectivity index (χ2v) is 4.61. The molecule has 2 rings (SSSR count). The molecule has 1 aromatic rings. The second kappa shape index (κ2) is 2.98. The molecule has 0 aromatic heterocycles. The van der Waals surface area contributed by atoms with Gasteiger partial charge < -0.3 is 5.73 Å². The summed E-state index contributed by atoms with van der Waals surface area (Å²) in [6, 6.07) is 1.28. The molecule has 0 amide bonds. The van der Waals surface area contributed by atoms with Gasteiger partial charge in [-0.1, -0.05) is 13.8 Å². The average Bonchev–Trinajstić information content (AvgIpc) is 2.60. The zero-order valence-electron chi connectivity index (χ0n) is 8.52. The summed E-state index contributed by atoms with van der Waals surface area (Å²) in [5.41, 5.74) is 5.68. The predicted molar refractivity (Wildman–Crippen MR) is 50.8 cm³/mol. The summed E-state index contributed by atoms with van der Waals surface area (Å²) in [7, 11) is 0. The molecule has 0 heterocycles. The molecule has 0 spiro atoms. The Balaban J connectivity index is 2.43. The number of hydrogen-bond acceptors (Lipinski definition) is 1. The molecule has 2 N–H and O–H groups in total. The van der Waals surface area contributed by atoms with Crippen LogP contribution >= 0.6 is 0 Å². The van der Waals surface area contributed by atoms with Gasteiger partial charge in [-0.2, -0.15) is 0 Å². The SMILES string of the molecule is CC1(C)[C@H](N)[C@H]1c1cc(F)c(F)cc1F. The molecule has 0 bridgehead atoms. The lowest BCUT2D eigenvalue weighted by atomic mass is 10.0. The lowest BCUT2D eigenvalue weighted by Gasteiger charge is -2.05. The molecular formula is C11H12F3N. The fourth-order valence-corrected chi connectivity index (χ4v) is 2.05. The van der Waals surface area contributed by atoms with Crippen molar-refractivity contribution < 1.29 is 13.2 Å². The first-order valence-electron chi connectivity index (χ1n) is 4.75. The van der Waals surface area contributed by atoms with Gasteiger partial charge in [-0.05, 0) is 17.0 Å². The van der Waals surface area contributed by atoms with E-state index >= 15 is 0 Å². The Morgan fingerprint density at radius 2 is 1.53 bits per heavy atom. The topological polar surface area (TPSA) is 26.0 Å². The minimum absolute atomic E-state index is 0.173. The van der Waals surface area contributed by atoms with Crippen LogP contribution in [0.2, 0.25) is 0 Å². The molecule has 2 atom stereocenters. The van der Waals surface area contributed by atoms with Crippen LogP contribution in [0.1, 0.15) is 25.3 Å². The Kier molecular flexibility index (Phi) is 2.08. The lowest BCUT2D eigenvalue weighted by molar-refractivity contribution is 0.486. The van der Waals surface area contributed by atoms with E-state index in [0.717, 1.165) is 6.07 Å². The van der Waals surface area contributed by atoms with Crippen LogP contribution < -0.4 is 5.73 Å². The number of hydrogen-bond donors (Lipinski definition) is 1. The van der Waals surface area contributed by atoms with Crippen molar-refractivity contribution in [3.63, 3.8) is 0 Å². The molecule has 0 unspecified atom stereocenters. The third-order valence-corrected chi connectivity index (χ3v) is 3.29. The molecule has 1 aliphatic rings. The summed E-state index contributed by atoms with van der Waals surface area (Å²) in [5.74, 6) is -3.14. The van der Waals surface area contributed by atoms with Gasteiger partial charge in [-0.15, -0.1) is 0 Å². The Morgan fingerprint density at radius 1 is 1.07 bits per heavy atom. The van der Waals surface area contributed by atoms with Crippen molar-refractivity contribution in [3.8, 4) is 0 Å². The van der Waals surface area contributed by atoms with Crippen LogP contribution in [0.4, 0.5) is 13.2 Å². The summed E-state index contributed by atoms with van der Waals surface area (Å²) in [6.07, 6.45) is 0. The van der Waals surface area contributed by atoms with Gasteiger partial charge in [0.1, 0.15) is 5.82 Å². The van der Waals surface area contributed by atoms with E-state index in [1.165, 1.54) is 0 Å². The third-order valence-electron chi connectivity index (χ3n) is 3.29. The van der Waals surface area contributed by atoms with E-state index in [0.29, 0.717) is 6.07 Å². The zero-order valence-corrected chi connectivity index (χ0v) is 8.52. The summed E-state index contributed by atoms with van der Waals surface area (Å²) >= 11 is 0. The van der Waals surface area contributed by atoms with E-state index in [9.17, 15) is 13.2 Å². The van der Waals surface area contributed by atoms with E-state index in [2.05, 4.69) is 0 Å². The highest BCUT2D eigenvalue weighted by Crippen LogP contribution is 2.57. The number of benzene rings is 1. The molecule has 0 aliphatic heterocycles. The fourth-order valence-electron chi connectivity index (χ4n) is 2.05. The van der Waals surface area contributed by atoms with Crippen LogP contribution in [0.15, 0.2) is 12.1 Å². The first kappa shape index (κ1) is 10.5. The molecule has 1 fully saturated rings. The van der Waals surface area contributed by atoms with Gasteiger partial charge in [-0.25, -0.2) is 13.2 Å². The number of halogens is 3. The van der Waals surface area contributed by atoms with Crippen molar-refractivity contribution in [2.75, 3.05) is 0 Å². The molecule has 1 saturated carbocycles. The molecule has 1 aliphatic carbocycles. The van der Waals surface area contributed by atoms with Crippen molar-refractivity contribution in [3.05, 3.63) is 35.1 Å². The monoisotopic (exact) mass is 215 g/mol. The Morgan fingerprint density at radius 3 is 2.00 bits per heavy atom.